The van der Waals surface area contributed by atoms with Crippen molar-refractivity contribution in [1.29, 1.82) is 0 Å². The Hall–Kier alpha value is -3.98. The Morgan fingerprint density at radius 2 is 1.70 bits per heavy atom. The summed E-state index contributed by atoms with van der Waals surface area (Å²) in [5.41, 5.74) is 2.77. The van der Waals surface area contributed by atoms with Crippen molar-refractivity contribution in [3.8, 4) is 34.2 Å². The second-order valence-electron chi connectivity index (χ2n) is 6.97. The van der Waals surface area contributed by atoms with Gasteiger partial charge < -0.3 is 9.26 Å². The molecule has 5 aromatic rings. The molecule has 0 radical (unpaired) electrons. The minimum absolute atomic E-state index is 0.464. The van der Waals surface area contributed by atoms with Gasteiger partial charge in [-0.3, -0.25) is 9.55 Å². The number of benzene rings is 2. The van der Waals surface area contributed by atoms with E-state index in [2.05, 4.69) is 25.3 Å². The minimum Gasteiger partial charge on any atom is -0.494 e. The van der Waals surface area contributed by atoms with Crippen LogP contribution < -0.4 is 4.74 Å². The summed E-state index contributed by atoms with van der Waals surface area (Å²) in [6, 6.07) is 21.5. The van der Waals surface area contributed by atoms with Crippen molar-refractivity contribution >= 4 is 11.8 Å². The molecule has 0 saturated heterocycles. The molecule has 0 N–H and O–H groups in total. The maximum Gasteiger partial charge on any atom is 0.237 e. The predicted molar refractivity (Wildman–Crippen MR) is 125 cm³/mol. The lowest BCUT2D eigenvalue weighted by molar-refractivity contribution is 0.340. The van der Waals surface area contributed by atoms with Crippen LogP contribution in [-0.4, -0.2) is 36.5 Å². The standard InChI is InChI=1S/C24H20N6O2S/c1-2-31-20-10-8-17(9-11-20)22-26-21(32-29-22)16-33-24-28-27-23(18-12-14-25-15-13-18)30(24)19-6-4-3-5-7-19/h3-15H,2,16H2,1H3. The predicted octanol–water partition coefficient (Wildman–Crippen LogP) is 5.07. The van der Waals surface area contributed by atoms with Crippen LogP contribution in [0.2, 0.25) is 0 Å². The number of nitrogens with zero attached hydrogens (tertiary/aromatic N) is 6. The molecule has 3 aromatic heterocycles. The Labute approximate surface area is 194 Å². The quantitative estimate of drug-likeness (QED) is 0.299. The van der Waals surface area contributed by atoms with Gasteiger partial charge in [0.15, 0.2) is 11.0 Å². The number of pyridine rings is 1. The highest BCUT2D eigenvalue weighted by Crippen LogP contribution is 2.30. The summed E-state index contributed by atoms with van der Waals surface area (Å²) in [6.07, 6.45) is 3.49. The number of aromatic nitrogens is 6. The molecule has 0 atom stereocenters. The van der Waals surface area contributed by atoms with E-state index in [-0.39, 0.29) is 0 Å². The van der Waals surface area contributed by atoms with E-state index < -0.39 is 0 Å². The molecule has 0 amide bonds. The summed E-state index contributed by atoms with van der Waals surface area (Å²) in [5, 5.41) is 13.7. The Morgan fingerprint density at radius 1 is 0.909 bits per heavy atom. The molecule has 0 unspecified atom stereocenters. The zero-order chi connectivity index (χ0) is 22.5. The third kappa shape index (κ3) is 4.63. The van der Waals surface area contributed by atoms with E-state index in [0.717, 1.165) is 33.5 Å². The van der Waals surface area contributed by atoms with Gasteiger partial charge in [-0.25, -0.2) is 0 Å². The molecule has 3 heterocycles. The molecule has 0 fully saturated rings. The van der Waals surface area contributed by atoms with Crippen LogP contribution in [0.4, 0.5) is 0 Å². The maximum absolute atomic E-state index is 5.48. The van der Waals surface area contributed by atoms with Crippen LogP contribution in [0.1, 0.15) is 12.8 Å². The van der Waals surface area contributed by atoms with Crippen LogP contribution in [0.5, 0.6) is 5.75 Å². The van der Waals surface area contributed by atoms with Crippen molar-refractivity contribution in [2.45, 2.75) is 17.8 Å². The first-order chi connectivity index (χ1) is 16.3. The van der Waals surface area contributed by atoms with E-state index in [9.17, 15) is 0 Å². The summed E-state index contributed by atoms with van der Waals surface area (Å²) in [4.78, 5) is 8.63. The molecular weight excluding hydrogens is 436 g/mol. The van der Waals surface area contributed by atoms with Gasteiger partial charge in [0.2, 0.25) is 11.7 Å². The van der Waals surface area contributed by atoms with Gasteiger partial charge >= 0.3 is 0 Å². The molecule has 0 spiro atoms. The van der Waals surface area contributed by atoms with Crippen LogP contribution in [0, 0.1) is 0 Å². The Balaban J connectivity index is 1.38. The molecular formula is C24H20N6O2S. The van der Waals surface area contributed by atoms with Gasteiger partial charge in [-0.1, -0.05) is 35.1 Å². The summed E-state index contributed by atoms with van der Waals surface area (Å²) < 4.78 is 13.0. The summed E-state index contributed by atoms with van der Waals surface area (Å²) in [6.45, 7) is 2.58. The van der Waals surface area contributed by atoms with Gasteiger partial charge in [-0.05, 0) is 55.5 Å². The number of rotatable bonds is 8. The first-order valence-electron chi connectivity index (χ1n) is 10.4. The monoisotopic (exact) mass is 456 g/mol. The fourth-order valence-electron chi connectivity index (χ4n) is 3.29. The lowest BCUT2D eigenvalue weighted by atomic mass is 10.2. The lowest BCUT2D eigenvalue weighted by Gasteiger charge is -2.09. The van der Waals surface area contributed by atoms with Gasteiger partial charge in [-0.2, -0.15) is 4.98 Å². The van der Waals surface area contributed by atoms with Crippen LogP contribution in [-0.2, 0) is 5.75 Å². The number of thioether (sulfide) groups is 1. The smallest absolute Gasteiger partial charge is 0.237 e. The van der Waals surface area contributed by atoms with Crippen LogP contribution >= 0.6 is 11.8 Å². The van der Waals surface area contributed by atoms with Gasteiger partial charge in [0.05, 0.1) is 12.4 Å². The Morgan fingerprint density at radius 3 is 2.45 bits per heavy atom. The SMILES string of the molecule is CCOc1ccc(-c2noc(CSc3nnc(-c4ccncc4)n3-c3ccccc3)n2)cc1. The topological polar surface area (TPSA) is 91.8 Å². The number of hydrogen-bond donors (Lipinski definition) is 0. The summed E-state index contributed by atoms with van der Waals surface area (Å²) >= 11 is 1.49. The van der Waals surface area contributed by atoms with E-state index in [1.807, 2.05) is 78.2 Å². The summed E-state index contributed by atoms with van der Waals surface area (Å²) in [7, 11) is 0. The molecule has 33 heavy (non-hydrogen) atoms. The fourth-order valence-corrected chi connectivity index (χ4v) is 4.07. The average molecular weight is 457 g/mol. The number of ether oxygens (including phenoxy) is 1. The van der Waals surface area contributed by atoms with Crippen molar-refractivity contribution in [2.75, 3.05) is 6.61 Å². The third-order valence-electron chi connectivity index (χ3n) is 4.80. The average Bonchev–Trinajstić information content (AvgIpc) is 3.52. The van der Waals surface area contributed by atoms with Crippen molar-refractivity contribution < 1.29 is 9.26 Å². The zero-order valence-electron chi connectivity index (χ0n) is 17.8. The first kappa shape index (κ1) is 20.9. The molecule has 164 valence electrons. The van der Waals surface area contributed by atoms with E-state index in [0.29, 0.717) is 24.1 Å². The van der Waals surface area contributed by atoms with Gasteiger partial charge in [0.1, 0.15) is 5.75 Å². The number of para-hydroxylation sites is 1. The number of hydrogen-bond acceptors (Lipinski definition) is 8. The first-order valence-corrected chi connectivity index (χ1v) is 11.4. The molecule has 9 heteroatoms. The van der Waals surface area contributed by atoms with E-state index in [4.69, 9.17) is 9.26 Å². The second-order valence-corrected chi connectivity index (χ2v) is 7.91. The lowest BCUT2D eigenvalue weighted by Crippen LogP contribution is -1.99. The molecule has 0 aliphatic heterocycles. The van der Waals surface area contributed by atoms with Gasteiger partial charge in [0, 0.05) is 29.2 Å². The van der Waals surface area contributed by atoms with E-state index in [1.165, 1.54) is 11.8 Å². The highest BCUT2D eigenvalue weighted by Gasteiger charge is 2.17. The third-order valence-corrected chi connectivity index (χ3v) is 5.72. The highest BCUT2D eigenvalue weighted by atomic mass is 32.2. The molecule has 0 bridgehead atoms. The zero-order valence-corrected chi connectivity index (χ0v) is 18.6. The van der Waals surface area contributed by atoms with Crippen molar-refractivity contribution in [3.63, 3.8) is 0 Å². The molecule has 8 nitrogen and oxygen atoms in total. The Bertz CT molecular complexity index is 1320. The van der Waals surface area contributed by atoms with Crippen molar-refractivity contribution in [1.82, 2.24) is 29.9 Å². The maximum atomic E-state index is 5.48. The largest absolute Gasteiger partial charge is 0.494 e. The van der Waals surface area contributed by atoms with Gasteiger partial charge in [0.25, 0.3) is 0 Å². The van der Waals surface area contributed by atoms with E-state index >= 15 is 0 Å². The van der Waals surface area contributed by atoms with Crippen molar-refractivity contribution in [3.05, 3.63) is 85.0 Å². The minimum atomic E-state index is 0.464. The fraction of sp³-hybridized carbons (Fsp3) is 0.125. The van der Waals surface area contributed by atoms with E-state index in [1.54, 1.807) is 12.4 Å². The van der Waals surface area contributed by atoms with Crippen LogP contribution in [0.25, 0.3) is 28.5 Å². The van der Waals surface area contributed by atoms with Crippen LogP contribution in [0.15, 0.2) is 88.8 Å². The molecule has 5 rings (SSSR count). The highest BCUT2D eigenvalue weighted by molar-refractivity contribution is 7.98. The second kappa shape index (κ2) is 9.66. The van der Waals surface area contributed by atoms with Crippen LogP contribution in [0.3, 0.4) is 0 Å². The van der Waals surface area contributed by atoms with Gasteiger partial charge in [-0.15, -0.1) is 10.2 Å². The van der Waals surface area contributed by atoms with Crippen molar-refractivity contribution in [2.24, 2.45) is 0 Å². The molecule has 0 aliphatic carbocycles. The normalized spacial score (nSPS) is 10.9. The molecule has 0 saturated carbocycles. The Kier molecular flexibility index (Phi) is 6.12. The molecule has 2 aromatic carbocycles. The molecule has 0 aliphatic rings. The summed E-state index contributed by atoms with van der Waals surface area (Å²) in [5.74, 6) is 3.07.